The van der Waals surface area contributed by atoms with Gasteiger partial charge in [-0.15, -0.1) is 0 Å². The second kappa shape index (κ2) is 20.1. The summed E-state index contributed by atoms with van der Waals surface area (Å²) in [6, 6.07) is -5.12. The van der Waals surface area contributed by atoms with E-state index in [-0.39, 0.29) is 69.6 Å². The molecule has 0 aliphatic rings. The van der Waals surface area contributed by atoms with Gasteiger partial charge >= 0.3 is 5.97 Å². The van der Waals surface area contributed by atoms with Crippen LogP contribution in [0, 0.1) is 0 Å². The van der Waals surface area contributed by atoms with E-state index in [0.29, 0.717) is 6.42 Å². The Hall–Kier alpha value is -4.88. The maximum atomic E-state index is 13.3. The highest BCUT2D eigenvalue weighted by Gasteiger charge is 2.30. The third kappa shape index (κ3) is 17.7. The Bertz CT molecular complexity index is 1010. The number of carbonyl (C=O) groups excluding carboxylic acids is 4. The Labute approximate surface area is 242 Å². The first-order valence-corrected chi connectivity index (χ1v) is 13.0. The number of guanidine groups is 3. The van der Waals surface area contributed by atoms with Crippen LogP contribution in [0.2, 0.25) is 0 Å². The molecule has 0 fully saturated rings. The molecule has 238 valence electrons. The first kappa shape index (κ1) is 37.1. The Morgan fingerprint density at radius 3 is 1.29 bits per heavy atom. The smallest absolute Gasteiger partial charge is 0.326 e. The summed E-state index contributed by atoms with van der Waals surface area (Å²) in [5.74, 6) is -5.27. The molecule has 20 nitrogen and oxygen atoms in total. The molecule has 0 heterocycles. The maximum Gasteiger partial charge on any atom is 0.326 e. The van der Waals surface area contributed by atoms with Gasteiger partial charge in [0.1, 0.15) is 18.1 Å². The Morgan fingerprint density at radius 1 is 0.571 bits per heavy atom. The maximum absolute atomic E-state index is 13.3. The molecule has 20 heteroatoms. The first-order valence-electron chi connectivity index (χ1n) is 13.0. The van der Waals surface area contributed by atoms with Gasteiger partial charge in [-0.25, -0.2) is 4.79 Å². The van der Waals surface area contributed by atoms with E-state index in [1.165, 1.54) is 0 Å². The molecule has 20 N–H and O–H groups in total. The molecule has 4 amide bonds. The van der Waals surface area contributed by atoms with Crippen LogP contribution in [-0.4, -0.2) is 96.4 Å². The number of hydrogen-bond donors (Lipinski definition) is 12. The molecule has 4 unspecified atom stereocenters. The van der Waals surface area contributed by atoms with E-state index in [9.17, 15) is 29.1 Å². The van der Waals surface area contributed by atoms with Gasteiger partial charge in [-0.3, -0.25) is 34.2 Å². The van der Waals surface area contributed by atoms with Gasteiger partial charge in [0.05, 0.1) is 12.5 Å². The van der Waals surface area contributed by atoms with Crippen molar-refractivity contribution in [3.05, 3.63) is 0 Å². The summed E-state index contributed by atoms with van der Waals surface area (Å²) in [6.07, 6.45) is 0.398. The SMILES string of the molecule is NC(=O)CC(NC(=O)C(CCCN=C(N)N)NC(=O)C(CCCN=C(N)N)NC(=O)C(N)CCCN=C(N)N)C(=O)O. The lowest BCUT2D eigenvalue weighted by Crippen LogP contribution is -2.57. The second-order valence-corrected chi connectivity index (χ2v) is 9.15. The predicted octanol–water partition coefficient (Wildman–Crippen LogP) is -6.11. The number of amides is 4. The average molecular weight is 601 g/mol. The van der Waals surface area contributed by atoms with Gasteiger partial charge in [-0.05, 0) is 38.5 Å². The minimum Gasteiger partial charge on any atom is -0.480 e. The largest absolute Gasteiger partial charge is 0.480 e. The molecule has 0 spiro atoms. The zero-order chi connectivity index (χ0) is 32.2. The Morgan fingerprint density at radius 2 is 0.929 bits per heavy atom. The molecule has 0 aromatic heterocycles. The molecule has 0 aliphatic carbocycles. The lowest BCUT2D eigenvalue weighted by Gasteiger charge is -2.25. The van der Waals surface area contributed by atoms with Crippen LogP contribution < -0.4 is 61.8 Å². The number of carbonyl (C=O) groups is 5. The van der Waals surface area contributed by atoms with Gasteiger partial charge in [-0.2, -0.15) is 0 Å². The van der Waals surface area contributed by atoms with Crippen molar-refractivity contribution in [3.8, 4) is 0 Å². The van der Waals surface area contributed by atoms with Gasteiger partial charge in [-0.1, -0.05) is 0 Å². The number of nitrogens with two attached hydrogens (primary N) is 8. The van der Waals surface area contributed by atoms with E-state index in [2.05, 4.69) is 30.9 Å². The quantitative estimate of drug-likeness (QED) is 0.0332. The standard InChI is InChI=1S/C22H44N14O6/c23-11(4-1-7-31-20(25)26)16(38)34-12(5-2-8-32-21(27)28)17(39)35-13(6-3-9-33-22(29)30)18(40)36-14(19(41)42)10-15(24)37/h11-14H,1-10,23H2,(H2,24,37)(H,34,38)(H,35,39)(H,36,40)(H,41,42)(H4,25,26,31)(H4,27,28,32)(H4,29,30,33). The van der Waals surface area contributed by atoms with Crippen LogP contribution in [0.25, 0.3) is 0 Å². The minimum atomic E-state index is -1.64. The molecule has 0 radical (unpaired) electrons. The lowest BCUT2D eigenvalue weighted by atomic mass is 10.1. The summed E-state index contributed by atoms with van der Waals surface area (Å²) < 4.78 is 0. The molecular formula is C22H44N14O6. The van der Waals surface area contributed by atoms with E-state index in [4.69, 9.17) is 45.9 Å². The summed E-state index contributed by atoms with van der Waals surface area (Å²) in [4.78, 5) is 73.2. The number of nitrogens with zero attached hydrogens (tertiary/aromatic N) is 3. The molecule has 0 aliphatic heterocycles. The number of rotatable bonds is 21. The highest BCUT2D eigenvalue weighted by atomic mass is 16.4. The van der Waals surface area contributed by atoms with Crippen molar-refractivity contribution in [1.29, 1.82) is 0 Å². The van der Waals surface area contributed by atoms with Crippen LogP contribution >= 0.6 is 0 Å². The van der Waals surface area contributed by atoms with Crippen LogP contribution in [0.3, 0.4) is 0 Å². The summed E-state index contributed by atoms with van der Waals surface area (Å²) in [5, 5.41) is 16.6. The zero-order valence-corrected chi connectivity index (χ0v) is 23.3. The van der Waals surface area contributed by atoms with Crippen LogP contribution in [0.15, 0.2) is 15.0 Å². The van der Waals surface area contributed by atoms with Crippen LogP contribution in [0.4, 0.5) is 0 Å². The van der Waals surface area contributed by atoms with Gasteiger partial charge in [0.15, 0.2) is 17.9 Å². The van der Waals surface area contributed by atoms with Gasteiger partial charge in [0.2, 0.25) is 23.6 Å². The summed E-state index contributed by atoms with van der Waals surface area (Å²) in [6.45, 7) is 0.483. The van der Waals surface area contributed by atoms with Crippen molar-refractivity contribution in [2.24, 2.45) is 60.8 Å². The molecule has 4 atom stereocenters. The third-order valence-electron chi connectivity index (χ3n) is 5.48. The highest BCUT2D eigenvalue weighted by Crippen LogP contribution is 2.06. The minimum absolute atomic E-state index is 0.0315. The number of hydrogen-bond acceptors (Lipinski definition) is 9. The Kier molecular flexibility index (Phi) is 17.7. The van der Waals surface area contributed by atoms with Crippen LogP contribution in [0.5, 0.6) is 0 Å². The number of aliphatic imine (C=N–C) groups is 3. The molecule has 42 heavy (non-hydrogen) atoms. The second-order valence-electron chi connectivity index (χ2n) is 9.15. The van der Waals surface area contributed by atoms with E-state index < -0.39 is 60.2 Å². The predicted molar refractivity (Wildman–Crippen MR) is 155 cm³/mol. The summed E-state index contributed by atoms with van der Waals surface area (Å²) in [7, 11) is 0. The van der Waals surface area contributed by atoms with E-state index in [1.807, 2.05) is 0 Å². The van der Waals surface area contributed by atoms with Crippen LogP contribution in [0.1, 0.15) is 44.9 Å². The van der Waals surface area contributed by atoms with E-state index >= 15 is 0 Å². The number of carboxylic acid groups (broad SMARTS) is 1. The average Bonchev–Trinajstić information content (AvgIpc) is 2.88. The fourth-order valence-corrected chi connectivity index (χ4v) is 3.42. The number of aliphatic carboxylic acids is 1. The van der Waals surface area contributed by atoms with Crippen molar-refractivity contribution in [1.82, 2.24) is 16.0 Å². The molecule has 0 bridgehead atoms. The summed E-state index contributed by atoms with van der Waals surface area (Å²) >= 11 is 0. The topological polar surface area (TPSA) is 387 Å². The number of carboxylic acids is 1. The monoisotopic (exact) mass is 600 g/mol. The van der Waals surface area contributed by atoms with E-state index in [0.717, 1.165) is 0 Å². The molecule has 0 saturated heterocycles. The van der Waals surface area contributed by atoms with Crippen molar-refractivity contribution in [2.75, 3.05) is 19.6 Å². The van der Waals surface area contributed by atoms with Crippen LogP contribution in [-0.2, 0) is 24.0 Å². The van der Waals surface area contributed by atoms with Gasteiger partial charge in [0.25, 0.3) is 0 Å². The van der Waals surface area contributed by atoms with Gasteiger partial charge < -0.3 is 66.9 Å². The first-order chi connectivity index (χ1) is 19.6. The highest BCUT2D eigenvalue weighted by molar-refractivity contribution is 5.94. The lowest BCUT2D eigenvalue weighted by molar-refractivity contribution is -0.143. The Balaban J connectivity index is 5.76. The van der Waals surface area contributed by atoms with Crippen molar-refractivity contribution < 1.29 is 29.1 Å². The molecule has 0 saturated carbocycles. The van der Waals surface area contributed by atoms with Crippen molar-refractivity contribution in [3.63, 3.8) is 0 Å². The zero-order valence-electron chi connectivity index (χ0n) is 23.3. The van der Waals surface area contributed by atoms with Crippen molar-refractivity contribution in [2.45, 2.75) is 69.1 Å². The molecular weight excluding hydrogens is 556 g/mol. The third-order valence-corrected chi connectivity index (χ3v) is 5.48. The van der Waals surface area contributed by atoms with Crippen molar-refractivity contribution >= 4 is 47.5 Å². The number of nitrogens with one attached hydrogen (secondary N) is 3. The normalized spacial score (nSPS) is 13.3. The van der Waals surface area contributed by atoms with Gasteiger partial charge in [0, 0.05) is 19.6 Å². The van der Waals surface area contributed by atoms with E-state index in [1.54, 1.807) is 0 Å². The number of primary amides is 1. The summed E-state index contributed by atoms with van der Waals surface area (Å²) in [5.41, 5.74) is 42.9. The fourth-order valence-electron chi connectivity index (χ4n) is 3.42. The molecule has 0 rings (SSSR count). The fraction of sp³-hybridized carbons (Fsp3) is 0.636. The molecule has 0 aromatic carbocycles. The molecule has 0 aromatic rings.